The zero-order valence-corrected chi connectivity index (χ0v) is 30.2. The zero-order chi connectivity index (χ0) is 34.4. The zero-order valence-electron chi connectivity index (χ0n) is 29.2. The molecule has 253 valence electrons. The first-order chi connectivity index (χ1) is 20.0. The second kappa shape index (κ2) is 20.1. The number of rotatable bonds is 9. The molecule has 0 atom stereocenters. The van der Waals surface area contributed by atoms with Gasteiger partial charge in [-0.3, -0.25) is 9.98 Å². The van der Waals surface area contributed by atoms with Crippen LogP contribution in [0.2, 0.25) is 0 Å². The number of carbonyl (C=O) groups excluding carboxylic acids is 2. The minimum absolute atomic E-state index is 0. The van der Waals surface area contributed by atoms with E-state index >= 15 is 0 Å². The van der Waals surface area contributed by atoms with Crippen LogP contribution < -0.4 is 10.2 Å². The van der Waals surface area contributed by atoms with Gasteiger partial charge in [0.25, 0.3) is 0 Å². The number of aliphatic carboxylic acids is 2. The van der Waals surface area contributed by atoms with Gasteiger partial charge in [-0.15, -0.1) is 0 Å². The Morgan fingerprint density at radius 1 is 0.689 bits per heavy atom. The number of benzene rings is 2. The van der Waals surface area contributed by atoms with Gasteiger partial charge in [0.2, 0.25) is 0 Å². The van der Waals surface area contributed by atoms with E-state index in [1.807, 2.05) is 12.1 Å². The van der Waals surface area contributed by atoms with E-state index < -0.39 is 11.9 Å². The third-order valence-corrected chi connectivity index (χ3v) is 5.99. The van der Waals surface area contributed by atoms with E-state index in [9.17, 15) is 10.2 Å². The van der Waals surface area contributed by atoms with E-state index in [2.05, 4.69) is 91.4 Å². The summed E-state index contributed by atoms with van der Waals surface area (Å²) in [6.45, 7) is 24.7. The van der Waals surface area contributed by atoms with Gasteiger partial charge >= 0.3 is 16.8 Å². The molecule has 2 rings (SSSR count). The Hall–Kier alpha value is -3.17. The molecule has 0 aliphatic heterocycles. The van der Waals surface area contributed by atoms with E-state index in [1.54, 1.807) is 12.4 Å². The van der Waals surface area contributed by atoms with Gasteiger partial charge in [0.15, 0.2) is 0 Å². The molecule has 0 aliphatic carbocycles. The number of carboxylic acids is 2. The summed E-state index contributed by atoms with van der Waals surface area (Å²) in [5.41, 5.74) is 6.21. The summed E-state index contributed by atoms with van der Waals surface area (Å²) >= 11 is 0. The Morgan fingerprint density at radius 3 is 1.18 bits per heavy atom. The fourth-order valence-corrected chi connectivity index (χ4v) is 4.44. The first kappa shape index (κ1) is 44.0. The molecule has 9 heteroatoms. The standard InChI is InChI=1S/C32H48N2O2.2C2H4O2.Co/c1-21(2)27-15-23(17-31(5,6)7)13-25(29(27)35)19-33-11-12-34-20-26-14-24(18-32(8,9)10)16-28(22(3)4)30(26)36;2*1-2(3)4;/h13-16,19-22,35-36H,11-12,17-18H2,1-10H3;2*1H3,(H,3,4);/q;;;+2/p-2. The van der Waals surface area contributed by atoms with Crippen molar-refractivity contribution in [1.82, 2.24) is 0 Å². The van der Waals surface area contributed by atoms with Crippen molar-refractivity contribution in [3.05, 3.63) is 57.6 Å². The Labute approximate surface area is 281 Å². The van der Waals surface area contributed by atoms with Gasteiger partial charge in [-0.05, 0) is 83.7 Å². The third-order valence-electron chi connectivity index (χ3n) is 5.99. The van der Waals surface area contributed by atoms with Gasteiger partial charge in [0.05, 0.1) is 13.1 Å². The van der Waals surface area contributed by atoms with E-state index in [-0.39, 0.29) is 39.4 Å². The molecule has 0 aromatic heterocycles. The Morgan fingerprint density at radius 2 is 0.956 bits per heavy atom. The van der Waals surface area contributed by atoms with Crippen LogP contribution in [0.25, 0.3) is 0 Å². The molecule has 8 nitrogen and oxygen atoms in total. The van der Waals surface area contributed by atoms with Crippen molar-refractivity contribution >= 4 is 24.4 Å². The number of phenolic OH excluding ortho intramolecular Hbond substituents is 2. The number of carboxylic acid groups (broad SMARTS) is 2. The predicted octanol–water partition coefficient (Wildman–Crippen LogP) is 5.57. The van der Waals surface area contributed by atoms with Crippen LogP contribution in [0.1, 0.15) is 128 Å². The van der Waals surface area contributed by atoms with Crippen LogP contribution in [0.5, 0.6) is 11.5 Å². The largest absolute Gasteiger partial charge is 2.00 e. The minimum atomic E-state index is -1.08. The molecule has 0 aliphatic rings. The summed E-state index contributed by atoms with van der Waals surface area (Å²) in [6.07, 6.45) is 5.41. The molecule has 0 heterocycles. The number of aliphatic imine (C=N–C) groups is 2. The monoisotopic (exact) mass is 669 g/mol. The molecule has 1 radical (unpaired) electrons. The van der Waals surface area contributed by atoms with Crippen molar-refractivity contribution in [2.75, 3.05) is 13.1 Å². The fraction of sp³-hybridized carbons (Fsp3) is 0.556. The second-order valence-electron chi connectivity index (χ2n) is 14.1. The Bertz CT molecular complexity index is 1180. The molecule has 0 fully saturated rings. The number of hydrogen-bond donors (Lipinski definition) is 2. The van der Waals surface area contributed by atoms with Gasteiger partial charge in [0, 0.05) is 35.5 Å². The van der Waals surface area contributed by atoms with Gasteiger partial charge in [-0.2, -0.15) is 0 Å². The molecule has 0 bridgehead atoms. The molecule has 2 aromatic rings. The quantitative estimate of drug-likeness (QED) is 0.264. The molecule has 0 saturated heterocycles. The summed E-state index contributed by atoms with van der Waals surface area (Å²) < 4.78 is 0. The molecule has 0 spiro atoms. The second-order valence-corrected chi connectivity index (χ2v) is 14.1. The van der Waals surface area contributed by atoms with E-state index in [1.165, 1.54) is 11.1 Å². The first-order valence-corrected chi connectivity index (χ1v) is 15.1. The van der Waals surface area contributed by atoms with Crippen LogP contribution in [0.3, 0.4) is 0 Å². The van der Waals surface area contributed by atoms with Gasteiger partial charge in [-0.1, -0.05) is 81.4 Å². The molecule has 0 unspecified atom stereocenters. The first-order valence-electron chi connectivity index (χ1n) is 15.1. The number of aromatic hydroxyl groups is 2. The maximum Gasteiger partial charge on any atom is 2.00 e. The molecule has 2 N–H and O–H groups in total. The molecule has 0 amide bonds. The van der Waals surface area contributed by atoms with Gasteiger partial charge in [-0.25, -0.2) is 0 Å². The van der Waals surface area contributed by atoms with Crippen LogP contribution in [-0.4, -0.2) is 47.7 Å². The predicted molar refractivity (Wildman–Crippen MR) is 177 cm³/mol. The van der Waals surface area contributed by atoms with Crippen molar-refractivity contribution < 1.29 is 46.8 Å². The average molecular weight is 670 g/mol. The summed E-state index contributed by atoms with van der Waals surface area (Å²) in [5, 5.41) is 39.4. The number of phenols is 2. The number of nitrogens with zero attached hydrogens (tertiary/aromatic N) is 2. The maximum absolute atomic E-state index is 10.8. The molecular formula is C36H54CoN2O6. The smallest absolute Gasteiger partial charge is 0.550 e. The van der Waals surface area contributed by atoms with Crippen molar-refractivity contribution in [2.24, 2.45) is 20.8 Å². The Kier molecular flexibility index (Phi) is 19.6. The Balaban J connectivity index is 0. The average Bonchev–Trinajstić information content (AvgIpc) is 2.81. The van der Waals surface area contributed by atoms with E-state index in [0.717, 1.165) is 48.9 Å². The van der Waals surface area contributed by atoms with Gasteiger partial charge < -0.3 is 30.0 Å². The number of carbonyl (C=O) groups is 2. The number of hydrogen-bond acceptors (Lipinski definition) is 8. The normalized spacial score (nSPS) is 11.6. The maximum atomic E-state index is 10.8. The van der Waals surface area contributed by atoms with Crippen molar-refractivity contribution in [2.45, 2.75) is 108 Å². The van der Waals surface area contributed by atoms with Crippen molar-refractivity contribution in [1.29, 1.82) is 0 Å². The van der Waals surface area contributed by atoms with E-state index in [0.29, 0.717) is 24.6 Å². The third kappa shape index (κ3) is 19.7. The molecule has 45 heavy (non-hydrogen) atoms. The van der Waals surface area contributed by atoms with Crippen molar-refractivity contribution in [3.63, 3.8) is 0 Å². The summed E-state index contributed by atoms with van der Waals surface area (Å²) in [6, 6.07) is 8.34. The SMILES string of the molecule is CC(=O)[O-].CC(=O)[O-].CC(C)c1cc(CC(C)(C)C)cc(C=NCCN=Cc2cc(CC(C)(C)C)cc(C(C)C)c2O)c1O.[Co+2]. The van der Waals surface area contributed by atoms with Crippen LogP contribution in [0, 0.1) is 10.8 Å². The summed E-state index contributed by atoms with van der Waals surface area (Å²) in [5.74, 6) is -1.06. The van der Waals surface area contributed by atoms with Crippen LogP contribution in [-0.2, 0) is 39.2 Å². The van der Waals surface area contributed by atoms with Crippen molar-refractivity contribution in [3.8, 4) is 11.5 Å². The minimum Gasteiger partial charge on any atom is -0.550 e. The molecule has 2 aromatic carbocycles. The summed E-state index contributed by atoms with van der Waals surface area (Å²) in [7, 11) is 0. The van der Waals surface area contributed by atoms with E-state index in [4.69, 9.17) is 19.8 Å². The van der Waals surface area contributed by atoms with Crippen LogP contribution in [0.15, 0.2) is 34.3 Å². The molecular weight excluding hydrogens is 615 g/mol. The molecule has 0 saturated carbocycles. The topological polar surface area (TPSA) is 145 Å². The van der Waals surface area contributed by atoms with Crippen LogP contribution >= 0.6 is 0 Å². The van der Waals surface area contributed by atoms with Crippen LogP contribution in [0.4, 0.5) is 0 Å². The van der Waals surface area contributed by atoms with Gasteiger partial charge in [0.1, 0.15) is 11.5 Å². The fourth-order valence-electron chi connectivity index (χ4n) is 4.44. The summed E-state index contributed by atoms with van der Waals surface area (Å²) in [4.78, 5) is 26.9.